The summed E-state index contributed by atoms with van der Waals surface area (Å²) in [5, 5.41) is 5.88. The maximum absolute atomic E-state index is 5.78. The third-order valence-electron chi connectivity index (χ3n) is 5.72. The first-order chi connectivity index (χ1) is 12.7. The molecule has 2 atom stereocenters. The van der Waals surface area contributed by atoms with Crippen molar-refractivity contribution in [3.05, 3.63) is 22.4 Å². The van der Waals surface area contributed by atoms with Crippen LogP contribution >= 0.6 is 35.3 Å². The Morgan fingerprint density at radius 3 is 2.70 bits per heavy atom. The van der Waals surface area contributed by atoms with E-state index < -0.39 is 0 Å². The summed E-state index contributed by atoms with van der Waals surface area (Å²) < 4.78 is 5.78. The Kier molecular flexibility index (Phi) is 9.82. The molecule has 154 valence electrons. The van der Waals surface area contributed by atoms with E-state index in [0.717, 1.165) is 45.0 Å². The van der Waals surface area contributed by atoms with Gasteiger partial charge in [0.05, 0.1) is 6.10 Å². The van der Waals surface area contributed by atoms with Crippen molar-refractivity contribution in [3.8, 4) is 0 Å². The maximum atomic E-state index is 5.78. The summed E-state index contributed by atoms with van der Waals surface area (Å²) in [6.07, 6.45) is 5.17. The molecule has 0 amide bonds. The van der Waals surface area contributed by atoms with E-state index in [4.69, 9.17) is 4.74 Å². The lowest BCUT2D eigenvalue weighted by molar-refractivity contribution is 0.0262. The highest BCUT2D eigenvalue weighted by Gasteiger charge is 2.31. The number of guanidine groups is 1. The molecule has 0 aromatic carbocycles. The minimum atomic E-state index is 0. The zero-order chi connectivity index (χ0) is 18.4. The minimum absolute atomic E-state index is 0. The van der Waals surface area contributed by atoms with Crippen LogP contribution in [0, 0.1) is 5.92 Å². The Morgan fingerprint density at radius 1 is 1.30 bits per heavy atom. The highest BCUT2D eigenvalue weighted by molar-refractivity contribution is 14.0. The normalized spacial score (nSPS) is 25.3. The van der Waals surface area contributed by atoms with Gasteiger partial charge in [0.15, 0.2) is 5.96 Å². The molecule has 5 nitrogen and oxygen atoms in total. The zero-order valence-corrected chi connectivity index (χ0v) is 20.0. The number of hydrogen-bond acceptors (Lipinski definition) is 4. The van der Waals surface area contributed by atoms with Crippen molar-refractivity contribution in [3.63, 3.8) is 0 Å². The molecule has 1 aromatic rings. The first kappa shape index (κ1) is 22.9. The van der Waals surface area contributed by atoms with Crippen LogP contribution < -0.4 is 5.32 Å². The van der Waals surface area contributed by atoms with Gasteiger partial charge in [-0.15, -0.1) is 35.3 Å². The summed E-state index contributed by atoms with van der Waals surface area (Å²) in [7, 11) is 4.17. The number of nitrogens with zero attached hydrogens (tertiary/aromatic N) is 3. The number of hydrogen-bond donors (Lipinski definition) is 1. The van der Waals surface area contributed by atoms with Crippen LogP contribution in [-0.4, -0.2) is 68.7 Å². The van der Waals surface area contributed by atoms with Crippen LogP contribution in [0.1, 0.15) is 43.5 Å². The van der Waals surface area contributed by atoms with Gasteiger partial charge >= 0.3 is 0 Å². The van der Waals surface area contributed by atoms with Crippen LogP contribution in [-0.2, 0) is 4.74 Å². The van der Waals surface area contributed by atoms with Crippen LogP contribution in [0.5, 0.6) is 0 Å². The fourth-order valence-electron chi connectivity index (χ4n) is 4.41. The van der Waals surface area contributed by atoms with Crippen molar-refractivity contribution in [2.45, 2.75) is 44.8 Å². The summed E-state index contributed by atoms with van der Waals surface area (Å²) in [5.41, 5.74) is 0. The van der Waals surface area contributed by atoms with Gasteiger partial charge in [0.2, 0.25) is 0 Å². The second kappa shape index (κ2) is 11.6. The van der Waals surface area contributed by atoms with Gasteiger partial charge < -0.3 is 15.0 Å². The van der Waals surface area contributed by atoms with Gasteiger partial charge in [0, 0.05) is 44.2 Å². The van der Waals surface area contributed by atoms with E-state index >= 15 is 0 Å². The number of aliphatic imine (C=N–C) groups is 1. The Morgan fingerprint density at radius 2 is 2.07 bits per heavy atom. The molecule has 2 fully saturated rings. The highest BCUT2D eigenvalue weighted by atomic mass is 127. The van der Waals surface area contributed by atoms with Crippen molar-refractivity contribution in [1.29, 1.82) is 0 Å². The highest BCUT2D eigenvalue weighted by Crippen LogP contribution is 2.36. The van der Waals surface area contributed by atoms with E-state index in [1.54, 1.807) is 0 Å². The average Bonchev–Trinajstić information content (AvgIpc) is 3.18. The smallest absolute Gasteiger partial charge is 0.193 e. The molecule has 1 N–H and O–H groups in total. The SMILES string of the molecule is CCOC1CCN(C(=NC)NCC2CCCN(C)C2c2cccs2)CC1.I. The van der Waals surface area contributed by atoms with Crippen LogP contribution in [0.25, 0.3) is 0 Å². The summed E-state index contributed by atoms with van der Waals surface area (Å²) in [4.78, 5) is 11.0. The number of likely N-dealkylation sites (tertiary alicyclic amines) is 2. The van der Waals surface area contributed by atoms with Crippen molar-refractivity contribution in [2.75, 3.05) is 46.9 Å². The monoisotopic (exact) mass is 506 g/mol. The van der Waals surface area contributed by atoms with Gasteiger partial charge in [0.25, 0.3) is 0 Å². The quantitative estimate of drug-likeness (QED) is 0.375. The third-order valence-corrected chi connectivity index (χ3v) is 6.66. The molecule has 7 heteroatoms. The zero-order valence-electron chi connectivity index (χ0n) is 16.9. The number of nitrogens with one attached hydrogen (secondary N) is 1. The molecule has 0 saturated carbocycles. The molecule has 3 heterocycles. The topological polar surface area (TPSA) is 40.1 Å². The summed E-state index contributed by atoms with van der Waals surface area (Å²) in [5.74, 6) is 1.68. The summed E-state index contributed by atoms with van der Waals surface area (Å²) in [6, 6.07) is 4.99. The predicted octanol–water partition coefficient (Wildman–Crippen LogP) is 3.83. The second-order valence-electron chi connectivity index (χ2n) is 7.41. The molecule has 2 aliphatic rings. The van der Waals surface area contributed by atoms with Crippen molar-refractivity contribution >= 4 is 41.3 Å². The molecule has 0 radical (unpaired) electrons. The van der Waals surface area contributed by atoms with Gasteiger partial charge in [-0.05, 0) is 63.6 Å². The standard InChI is InChI=1S/C20H34N4OS.HI/c1-4-25-17-9-12-24(13-10-17)20(21-2)22-15-16-7-5-11-23(3)19(16)18-8-6-14-26-18;/h6,8,14,16-17,19H,4-5,7,9-13,15H2,1-3H3,(H,21,22);1H. The Bertz CT molecular complexity index is 560. The third kappa shape index (κ3) is 6.05. The minimum Gasteiger partial charge on any atom is -0.378 e. The van der Waals surface area contributed by atoms with Crippen molar-refractivity contribution in [1.82, 2.24) is 15.1 Å². The van der Waals surface area contributed by atoms with Crippen LogP contribution in [0.4, 0.5) is 0 Å². The Balaban J connectivity index is 0.00000261. The fraction of sp³-hybridized carbons (Fsp3) is 0.750. The molecular formula is C20H35IN4OS. The van der Waals surface area contributed by atoms with E-state index in [2.05, 4.69) is 51.6 Å². The number of ether oxygens (including phenoxy) is 1. The molecule has 27 heavy (non-hydrogen) atoms. The number of halogens is 1. The lowest BCUT2D eigenvalue weighted by atomic mass is 9.88. The predicted molar refractivity (Wildman–Crippen MR) is 125 cm³/mol. The number of piperidine rings is 2. The van der Waals surface area contributed by atoms with Gasteiger partial charge in [-0.2, -0.15) is 0 Å². The molecule has 3 rings (SSSR count). The lowest BCUT2D eigenvalue weighted by Crippen LogP contribution is -2.49. The van der Waals surface area contributed by atoms with Gasteiger partial charge in [0.1, 0.15) is 0 Å². The molecule has 2 unspecified atom stereocenters. The number of thiophene rings is 1. The first-order valence-electron chi connectivity index (χ1n) is 10.0. The first-order valence-corrected chi connectivity index (χ1v) is 10.9. The molecule has 2 aliphatic heterocycles. The van der Waals surface area contributed by atoms with Crippen molar-refractivity contribution in [2.24, 2.45) is 10.9 Å². The second-order valence-corrected chi connectivity index (χ2v) is 8.39. The van der Waals surface area contributed by atoms with Gasteiger partial charge in [-0.25, -0.2) is 0 Å². The Hall–Kier alpha value is -0.380. The van der Waals surface area contributed by atoms with E-state index in [9.17, 15) is 0 Å². The van der Waals surface area contributed by atoms with E-state index in [-0.39, 0.29) is 24.0 Å². The van der Waals surface area contributed by atoms with Crippen molar-refractivity contribution < 1.29 is 4.74 Å². The lowest BCUT2D eigenvalue weighted by Gasteiger charge is -2.40. The van der Waals surface area contributed by atoms with E-state index in [1.807, 2.05) is 18.4 Å². The molecular weight excluding hydrogens is 471 g/mol. The van der Waals surface area contributed by atoms with Crippen LogP contribution in [0.3, 0.4) is 0 Å². The molecule has 2 saturated heterocycles. The summed E-state index contributed by atoms with van der Waals surface area (Å²) >= 11 is 1.89. The fourth-order valence-corrected chi connectivity index (χ4v) is 5.39. The number of rotatable bonds is 5. The molecule has 0 spiro atoms. The average molecular weight is 506 g/mol. The maximum Gasteiger partial charge on any atom is 0.193 e. The van der Waals surface area contributed by atoms with Crippen LogP contribution in [0.2, 0.25) is 0 Å². The summed E-state index contributed by atoms with van der Waals surface area (Å²) in [6.45, 7) is 7.14. The largest absolute Gasteiger partial charge is 0.378 e. The van der Waals surface area contributed by atoms with E-state index in [1.165, 1.54) is 24.3 Å². The molecule has 0 aliphatic carbocycles. The Labute approximate surface area is 185 Å². The molecule has 1 aromatic heterocycles. The molecule has 0 bridgehead atoms. The van der Waals surface area contributed by atoms with E-state index in [0.29, 0.717) is 18.1 Å². The van der Waals surface area contributed by atoms with Gasteiger partial charge in [-0.3, -0.25) is 9.89 Å². The van der Waals surface area contributed by atoms with Gasteiger partial charge in [-0.1, -0.05) is 6.07 Å². The van der Waals surface area contributed by atoms with Crippen LogP contribution in [0.15, 0.2) is 22.5 Å².